The van der Waals surface area contributed by atoms with Crippen LogP contribution in [0.3, 0.4) is 0 Å². The Hall–Kier alpha value is -4.15. The summed E-state index contributed by atoms with van der Waals surface area (Å²) in [7, 11) is 0. The average Bonchev–Trinajstić information content (AvgIpc) is 3.07. The van der Waals surface area contributed by atoms with Crippen LogP contribution < -0.4 is 10.6 Å². The summed E-state index contributed by atoms with van der Waals surface area (Å²) in [5, 5.41) is 24.9. The summed E-state index contributed by atoms with van der Waals surface area (Å²) in [6, 6.07) is 30.6. The number of hydrogen-bond acceptors (Lipinski definition) is 6. The normalized spacial score (nSPS) is 19.5. The molecule has 2 amide bonds. The van der Waals surface area contributed by atoms with Gasteiger partial charge in [-0.15, -0.1) is 11.8 Å². The van der Waals surface area contributed by atoms with E-state index in [1.54, 1.807) is 12.1 Å². The highest BCUT2D eigenvalue weighted by Crippen LogP contribution is 2.43. The molecular formula is C36H38N2O6S. The maximum Gasteiger partial charge on any atom is 0.336 e. The van der Waals surface area contributed by atoms with E-state index in [-0.39, 0.29) is 36.3 Å². The Morgan fingerprint density at radius 2 is 1.53 bits per heavy atom. The predicted octanol–water partition coefficient (Wildman–Crippen LogP) is 6.95. The zero-order chi connectivity index (χ0) is 31.8. The molecule has 1 heterocycles. The molecule has 0 aliphatic carbocycles. The highest BCUT2D eigenvalue weighted by Gasteiger charge is 2.38. The minimum absolute atomic E-state index is 0.0331. The van der Waals surface area contributed by atoms with E-state index in [0.717, 1.165) is 33.4 Å². The number of urea groups is 1. The number of aliphatic hydroxyl groups excluding tert-OH is 1. The summed E-state index contributed by atoms with van der Waals surface area (Å²) in [4.78, 5) is 24.5. The lowest BCUT2D eigenvalue weighted by molar-refractivity contribution is -0.268. The third-order valence-electron chi connectivity index (χ3n) is 7.93. The lowest BCUT2D eigenvalue weighted by Gasteiger charge is -2.41. The molecule has 0 bridgehead atoms. The SMILES string of the molecule is CCNC(=O)NCc1ccccc1-c1ccc(C2OC(CSc3ccccc3C(=O)O)C(C)C(c3ccc(CO)cc3)O2)cc1. The van der Waals surface area contributed by atoms with Crippen molar-refractivity contribution < 1.29 is 29.3 Å². The molecule has 4 atom stereocenters. The highest BCUT2D eigenvalue weighted by atomic mass is 32.2. The van der Waals surface area contributed by atoms with E-state index in [1.165, 1.54) is 11.8 Å². The van der Waals surface area contributed by atoms with Crippen molar-refractivity contribution in [2.45, 2.75) is 50.4 Å². The predicted molar refractivity (Wildman–Crippen MR) is 175 cm³/mol. The van der Waals surface area contributed by atoms with Crippen LogP contribution >= 0.6 is 11.8 Å². The summed E-state index contributed by atoms with van der Waals surface area (Å²) in [5.74, 6) is -0.449. The zero-order valence-electron chi connectivity index (χ0n) is 25.3. The number of aromatic carboxylic acids is 1. The second kappa shape index (κ2) is 15.2. The fourth-order valence-electron chi connectivity index (χ4n) is 5.43. The second-order valence-corrected chi connectivity index (χ2v) is 12.0. The Balaban J connectivity index is 1.39. The maximum atomic E-state index is 12.0. The van der Waals surface area contributed by atoms with Crippen LogP contribution in [0.25, 0.3) is 11.1 Å². The van der Waals surface area contributed by atoms with Gasteiger partial charge in [-0.2, -0.15) is 0 Å². The molecular weight excluding hydrogens is 588 g/mol. The molecule has 0 spiro atoms. The Morgan fingerprint density at radius 3 is 2.24 bits per heavy atom. The lowest BCUT2D eigenvalue weighted by atomic mass is 9.91. The van der Waals surface area contributed by atoms with E-state index in [1.807, 2.05) is 91.9 Å². The van der Waals surface area contributed by atoms with Crippen LogP contribution in [0.4, 0.5) is 4.79 Å². The van der Waals surface area contributed by atoms with Crippen LogP contribution in [-0.4, -0.2) is 40.6 Å². The van der Waals surface area contributed by atoms with Gasteiger partial charge in [-0.05, 0) is 46.9 Å². The largest absolute Gasteiger partial charge is 0.478 e. The van der Waals surface area contributed by atoms with Crippen molar-refractivity contribution in [2.75, 3.05) is 12.3 Å². The van der Waals surface area contributed by atoms with Gasteiger partial charge in [0, 0.05) is 35.2 Å². The maximum absolute atomic E-state index is 12.0. The van der Waals surface area contributed by atoms with Gasteiger partial charge in [0.2, 0.25) is 0 Å². The molecule has 0 aromatic heterocycles. The van der Waals surface area contributed by atoms with Crippen molar-refractivity contribution in [3.05, 3.63) is 125 Å². The van der Waals surface area contributed by atoms with Crippen LogP contribution in [0.2, 0.25) is 0 Å². The fourth-order valence-corrected chi connectivity index (χ4v) is 6.64. The van der Waals surface area contributed by atoms with Gasteiger partial charge < -0.3 is 30.3 Å². The van der Waals surface area contributed by atoms with Gasteiger partial charge in [0.25, 0.3) is 0 Å². The fraction of sp³-hybridized carbons (Fsp3) is 0.278. The molecule has 0 saturated carbocycles. The minimum atomic E-state index is -0.958. The Bertz CT molecular complexity index is 1590. The van der Waals surface area contributed by atoms with Gasteiger partial charge in [-0.1, -0.05) is 91.9 Å². The van der Waals surface area contributed by atoms with E-state index in [0.29, 0.717) is 23.7 Å². The molecule has 234 valence electrons. The smallest absolute Gasteiger partial charge is 0.336 e. The van der Waals surface area contributed by atoms with Gasteiger partial charge >= 0.3 is 12.0 Å². The van der Waals surface area contributed by atoms with Crippen molar-refractivity contribution in [3.8, 4) is 11.1 Å². The van der Waals surface area contributed by atoms with Crippen LogP contribution in [0.15, 0.2) is 102 Å². The molecule has 0 radical (unpaired) electrons. The van der Waals surface area contributed by atoms with Crippen LogP contribution in [-0.2, 0) is 22.6 Å². The van der Waals surface area contributed by atoms with E-state index in [2.05, 4.69) is 17.6 Å². The Morgan fingerprint density at radius 1 is 0.844 bits per heavy atom. The number of benzene rings is 4. The molecule has 4 aromatic carbocycles. The number of carbonyl (C=O) groups is 2. The van der Waals surface area contributed by atoms with E-state index >= 15 is 0 Å². The van der Waals surface area contributed by atoms with Gasteiger partial charge in [0.05, 0.1) is 24.4 Å². The summed E-state index contributed by atoms with van der Waals surface area (Å²) in [6.45, 7) is 4.89. The molecule has 4 N–H and O–H groups in total. The number of thioether (sulfide) groups is 1. The van der Waals surface area contributed by atoms with E-state index in [9.17, 15) is 19.8 Å². The molecule has 9 heteroatoms. The molecule has 45 heavy (non-hydrogen) atoms. The molecule has 8 nitrogen and oxygen atoms in total. The first-order chi connectivity index (χ1) is 21.9. The van der Waals surface area contributed by atoms with Gasteiger partial charge in [0.1, 0.15) is 0 Å². The Labute approximate surface area is 267 Å². The van der Waals surface area contributed by atoms with Crippen LogP contribution in [0.1, 0.15) is 58.9 Å². The highest BCUT2D eigenvalue weighted by molar-refractivity contribution is 7.99. The summed E-state index contributed by atoms with van der Waals surface area (Å²) >= 11 is 1.47. The average molecular weight is 627 g/mol. The molecule has 5 rings (SSSR count). The first-order valence-corrected chi connectivity index (χ1v) is 16.0. The quantitative estimate of drug-likeness (QED) is 0.133. The number of carbonyl (C=O) groups excluding carboxylic acids is 1. The molecule has 1 aliphatic rings. The number of ether oxygens (including phenoxy) is 2. The zero-order valence-corrected chi connectivity index (χ0v) is 26.1. The van der Waals surface area contributed by atoms with Crippen molar-refractivity contribution in [1.82, 2.24) is 10.6 Å². The third-order valence-corrected chi connectivity index (χ3v) is 9.09. The lowest BCUT2D eigenvalue weighted by Crippen LogP contribution is -2.38. The van der Waals surface area contributed by atoms with Crippen molar-refractivity contribution in [1.29, 1.82) is 0 Å². The summed E-state index contributed by atoms with van der Waals surface area (Å²) in [6.07, 6.45) is -1.16. The topological polar surface area (TPSA) is 117 Å². The number of carboxylic acid groups (broad SMARTS) is 1. The van der Waals surface area contributed by atoms with Crippen LogP contribution in [0.5, 0.6) is 0 Å². The van der Waals surface area contributed by atoms with Gasteiger partial charge in [-0.25, -0.2) is 9.59 Å². The van der Waals surface area contributed by atoms with Crippen LogP contribution in [0, 0.1) is 5.92 Å². The first-order valence-electron chi connectivity index (χ1n) is 15.0. The third kappa shape index (κ3) is 7.93. The Kier molecular flexibility index (Phi) is 10.9. The molecule has 1 fully saturated rings. The molecule has 1 saturated heterocycles. The van der Waals surface area contributed by atoms with Crippen molar-refractivity contribution in [2.24, 2.45) is 5.92 Å². The molecule has 4 aromatic rings. The molecule has 1 aliphatic heterocycles. The number of amides is 2. The molecule has 4 unspecified atom stereocenters. The van der Waals surface area contributed by atoms with Gasteiger partial charge in [-0.3, -0.25) is 0 Å². The minimum Gasteiger partial charge on any atom is -0.478 e. The van der Waals surface area contributed by atoms with Gasteiger partial charge in [0.15, 0.2) is 6.29 Å². The standard InChI is InChI=1S/C36H38N2O6S/c1-3-37-36(42)38-20-28-8-4-5-9-29(28)25-16-18-27(19-17-25)35-43-31(22-45-32-11-7-6-10-30(32)34(40)41)23(2)33(44-35)26-14-12-24(21-39)13-15-26/h4-19,23,31,33,35,39H,3,20-22H2,1-2H3,(H,40,41)(H2,37,38,42). The van der Waals surface area contributed by atoms with Crippen molar-refractivity contribution >= 4 is 23.8 Å². The van der Waals surface area contributed by atoms with E-state index < -0.39 is 12.3 Å². The first kappa shape index (κ1) is 32.2. The monoisotopic (exact) mass is 626 g/mol. The van der Waals surface area contributed by atoms with Crippen molar-refractivity contribution in [3.63, 3.8) is 0 Å². The number of aliphatic hydroxyl groups is 1. The van der Waals surface area contributed by atoms with E-state index in [4.69, 9.17) is 9.47 Å². The number of hydrogen-bond donors (Lipinski definition) is 4. The second-order valence-electron chi connectivity index (χ2n) is 10.9. The number of carboxylic acids is 1. The summed E-state index contributed by atoms with van der Waals surface area (Å²) < 4.78 is 13.2. The summed E-state index contributed by atoms with van der Waals surface area (Å²) in [5.41, 5.74) is 5.97. The number of rotatable bonds is 11. The number of nitrogens with one attached hydrogen (secondary N) is 2.